The molecule has 0 aliphatic heterocycles. The van der Waals surface area contributed by atoms with E-state index in [9.17, 15) is 0 Å². The van der Waals surface area contributed by atoms with Crippen LogP contribution in [0.15, 0.2) is 6.20 Å². The monoisotopic (exact) mass is 278 g/mol. The molecule has 0 bridgehead atoms. The largest absolute Gasteiger partial charge is 0.239 e. The van der Waals surface area contributed by atoms with E-state index in [0.29, 0.717) is 11.8 Å². The molecule has 0 aromatic carbocycles. The van der Waals surface area contributed by atoms with E-state index in [-0.39, 0.29) is 0 Å². The molecule has 0 radical (unpaired) electrons. The summed E-state index contributed by atoms with van der Waals surface area (Å²) in [6.45, 7) is 10.3. The lowest BCUT2D eigenvalue weighted by molar-refractivity contribution is 0.742. The molecule has 0 saturated heterocycles. The van der Waals surface area contributed by atoms with Gasteiger partial charge in [0.25, 0.3) is 0 Å². The van der Waals surface area contributed by atoms with Gasteiger partial charge in [-0.1, -0.05) is 13.8 Å². The Labute approximate surface area is 118 Å². The lowest BCUT2D eigenvalue weighted by Crippen LogP contribution is -2.09. The first kappa shape index (κ1) is 14.0. The molecule has 5 heteroatoms. The summed E-state index contributed by atoms with van der Waals surface area (Å²) in [4.78, 5) is 8.96. The zero-order valence-corrected chi connectivity index (χ0v) is 12.8. The van der Waals surface area contributed by atoms with Crippen LogP contribution in [0.1, 0.15) is 48.2 Å². The van der Waals surface area contributed by atoms with Crippen molar-refractivity contribution in [3.05, 3.63) is 34.7 Å². The molecule has 2 aromatic rings. The van der Waals surface area contributed by atoms with E-state index >= 15 is 0 Å². The Morgan fingerprint density at radius 3 is 2.42 bits per heavy atom. The first-order valence-corrected chi connectivity index (χ1v) is 6.94. The van der Waals surface area contributed by atoms with E-state index in [1.807, 2.05) is 24.7 Å². The van der Waals surface area contributed by atoms with E-state index in [2.05, 4.69) is 35.8 Å². The van der Waals surface area contributed by atoms with Crippen LogP contribution in [-0.2, 0) is 5.88 Å². The van der Waals surface area contributed by atoms with Crippen molar-refractivity contribution in [3.8, 4) is 5.69 Å². The molecule has 0 atom stereocenters. The highest BCUT2D eigenvalue weighted by Crippen LogP contribution is 2.21. The molecule has 102 valence electrons. The second-order valence-corrected chi connectivity index (χ2v) is 5.32. The second kappa shape index (κ2) is 5.29. The van der Waals surface area contributed by atoms with Gasteiger partial charge in [-0.3, -0.25) is 0 Å². The molecule has 0 amide bonds. The minimum Gasteiger partial charge on any atom is -0.239 e. The highest BCUT2D eigenvalue weighted by molar-refractivity contribution is 6.17. The molecule has 0 aliphatic carbocycles. The van der Waals surface area contributed by atoms with Gasteiger partial charge >= 0.3 is 0 Å². The SMILES string of the molecule is Cc1nn(-c2cnc(C(C)C)nc2CCl)c(C)c1C. The predicted molar refractivity (Wildman–Crippen MR) is 77.0 cm³/mol. The van der Waals surface area contributed by atoms with Crippen molar-refractivity contribution in [2.45, 2.75) is 46.4 Å². The summed E-state index contributed by atoms with van der Waals surface area (Å²) < 4.78 is 1.88. The molecule has 0 aliphatic rings. The van der Waals surface area contributed by atoms with Gasteiger partial charge in [0.1, 0.15) is 11.5 Å². The van der Waals surface area contributed by atoms with Crippen molar-refractivity contribution < 1.29 is 0 Å². The van der Waals surface area contributed by atoms with Gasteiger partial charge in [0.2, 0.25) is 0 Å². The lowest BCUT2D eigenvalue weighted by Gasteiger charge is -2.11. The van der Waals surface area contributed by atoms with Gasteiger partial charge in [-0.2, -0.15) is 5.10 Å². The maximum absolute atomic E-state index is 6.03. The van der Waals surface area contributed by atoms with Gasteiger partial charge in [-0.25, -0.2) is 14.6 Å². The minimum atomic E-state index is 0.290. The minimum absolute atomic E-state index is 0.290. The first-order chi connectivity index (χ1) is 8.95. The second-order valence-electron chi connectivity index (χ2n) is 5.06. The van der Waals surface area contributed by atoms with Gasteiger partial charge in [0, 0.05) is 11.6 Å². The number of aryl methyl sites for hydroxylation is 1. The van der Waals surface area contributed by atoms with Gasteiger partial charge in [0.15, 0.2) is 0 Å². The maximum atomic E-state index is 6.03. The van der Waals surface area contributed by atoms with Gasteiger partial charge in [-0.15, -0.1) is 11.6 Å². The molecule has 4 nitrogen and oxygen atoms in total. The molecule has 0 unspecified atom stereocenters. The quantitative estimate of drug-likeness (QED) is 0.808. The van der Waals surface area contributed by atoms with E-state index in [1.165, 1.54) is 5.56 Å². The molecule has 0 spiro atoms. The van der Waals surface area contributed by atoms with Crippen LogP contribution < -0.4 is 0 Å². The number of hydrogen-bond donors (Lipinski definition) is 0. The third-order valence-corrected chi connectivity index (χ3v) is 3.64. The third kappa shape index (κ3) is 2.50. The Morgan fingerprint density at radius 1 is 1.26 bits per heavy atom. The number of rotatable bonds is 3. The number of nitrogens with zero attached hydrogens (tertiary/aromatic N) is 4. The van der Waals surface area contributed by atoms with Gasteiger partial charge in [0.05, 0.1) is 23.5 Å². The molecule has 0 fully saturated rings. The summed E-state index contributed by atoms with van der Waals surface area (Å²) in [6, 6.07) is 0. The van der Waals surface area contributed by atoms with Crippen molar-refractivity contribution in [3.63, 3.8) is 0 Å². The number of aromatic nitrogens is 4. The zero-order chi connectivity index (χ0) is 14.2. The first-order valence-electron chi connectivity index (χ1n) is 6.40. The molecule has 2 aromatic heterocycles. The fourth-order valence-electron chi connectivity index (χ4n) is 1.93. The summed E-state index contributed by atoms with van der Waals surface area (Å²) in [7, 11) is 0. The topological polar surface area (TPSA) is 43.6 Å². The van der Waals surface area contributed by atoms with E-state index in [1.54, 1.807) is 0 Å². The van der Waals surface area contributed by atoms with Crippen LogP contribution in [0.3, 0.4) is 0 Å². The van der Waals surface area contributed by atoms with Gasteiger partial charge < -0.3 is 0 Å². The highest BCUT2D eigenvalue weighted by atomic mass is 35.5. The summed E-state index contributed by atoms with van der Waals surface area (Å²) >= 11 is 6.03. The van der Waals surface area contributed by atoms with Crippen LogP contribution in [-0.4, -0.2) is 19.7 Å². The van der Waals surface area contributed by atoms with Crippen LogP contribution in [0, 0.1) is 20.8 Å². The van der Waals surface area contributed by atoms with Crippen molar-refractivity contribution in [1.29, 1.82) is 0 Å². The fraction of sp³-hybridized carbons (Fsp3) is 0.500. The number of halogens is 1. The van der Waals surface area contributed by atoms with Crippen LogP contribution in [0.25, 0.3) is 5.69 Å². The zero-order valence-electron chi connectivity index (χ0n) is 12.0. The normalized spacial score (nSPS) is 11.3. The summed E-state index contributed by atoms with van der Waals surface area (Å²) in [6.07, 6.45) is 1.82. The van der Waals surface area contributed by atoms with Gasteiger partial charge in [-0.05, 0) is 26.3 Å². The van der Waals surface area contributed by atoms with Crippen molar-refractivity contribution in [1.82, 2.24) is 19.7 Å². The van der Waals surface area contributed by atoms with Crippen LogP contribution >= 0.6 is 11.6 Å². The Bertz CT molecular complexity index is 602. The smallest absolute Gasteiger partial charge is 0.131 e. The third-order valence-electron chi connectivity index (χ3n) is 3.39. The Kier molecular flexibility index (Phi) is 3.90. The fourth-order valence-corrected chi connectivity index (χ4v) is 2.13. The summed E-state index contributed by atoms with van der Waals surface area (Å²) in [5.74, 6) is 1.46. The standard InChI is InChI=1S/C14H19ClN4/c1-8(2)14-16-7-13(12(6-15)17-14)19-11(5)9(3)10(4)18-19/h7-8H,6H2,1-5H3. The average molecular weight is 279 g/mol. The van der Waals surface area contributed by atoms with E-state index in [0.717, 1.165) is 28.6 Å². The van der Waals surface area contributed by atoms with Crippen LogP contribution in [0.5, 0.6) is 0 Å². The summed E-state index contributed by atoms with van der Waals surface area (Å²) in [5.41, 5.74) is 5.00. The Hall–Kier alpha value is -1.42. The van der Waals surface area contributed by atoms with Crippen molar-refractivity contribution in [2.75, 3.05) is 0 Å². The molecule has 0 N–H and O–H groups in total. The summed E-state index contributed by atoms with van der Waals surface area (Å²) in [5, 5.41) is 4.54. The van der Waals surface area contributed by atoms with Crippen LogP contribution in [0.2, 0.25) is 0 Å². The van der Waals surface area contributed by atoms with Crippen LogP contribution in [0.4, 0.5) is 0 Å². The average Bonchev–Trinajstić information content (AvgIpc) is 2.65. The molecule has 2 rings (SSSR count). The van der Waals surface area contributed by atoms with Crippen molar-refractivity contribution >= 4 is 11.6 Å². The predicted octanol–water partition coefficient (Wildman–Crippen LogP) is 3.45. The molecular weight excluding hydrogens is 260 g/mol. The molecular formula is C14H19ClN4. The lowest BCUT2D eigenvalue weighted by atomic mass is 10.2. The van der Waals surface area contributed by atoms with E-state index < -0.39 is 0 Å². The molecule has 19 heavy (non-hydrogen) atoms. The van der Waals surface area contributed by atoms with E-state index in [4.69, 9.17) is 11.6 Å². The highest BCUT2D eigenvalue weighted by Gasteiger charge is 2.15. The Balaban J connectivity index is 2.58. The van der Waals surface area contributed by atoms with Crippen molar-refractivity contribution in [2.24, 2.45) is 0 Å². The number of alkyl halides is 1. The maximum Gasteiger partial charge on any atom is 0.131 e. The molecule has 0 saturated carbocycles. The molecule has 2 heterocycles. The number of hydrogen-bond acceptors (Lipinski definition) is 3. The Morgan fingerprint density at radius 2 is 1.95 bits per heavy atom.